The Balaban J connectivity index is 1.42. The van der Waals surface area contributed by atoms with Crippen LogP contribution in [0.1, 0.15) is 22.0 Å². The van der Waals surface area contributed by atoms with Crippen LogP contribution in [0.3, 0.4) is 0 Å². The van der Waals surface area contributed by atoms with Gasteiger partial charge in [0.1, 0.15) is 17.5 Å². The number of para-hydroxylation sites is 1. The average Bonchev–Trinajstić information content (AvgIpc) is 3.42. The highest BCUT2D eigenvalue weighted by Gasteiger charge is 2.30. The quantitative estimate of drug-likeness (QED) is 0.353. The van der Waals surface area contributed by atoms with E-state index in [9.17, 15) is 9.59 Å². The van der Waals surface area contributed by atoms with E-state index < -0.39 is 11.9 Å². The molecule has 0 spiro atoms. The molecule has 2 N–H and O–H groups in total. The smallest absolute Gasteiger partial charge is 0.289 e. The van der Waals surface area contributed by atoms with Crippen LogP contribution in [0.5, 0.6) is 0 Å². The predicted octanol–water partition coefficient (Wildman–Crippen LogP) is 3.04. The Kier molecular flexibility index (Phi) is 5.50. The van der Waals surface area contributed by atoms with Crippen LogP contribution in [-0.2, 0) is 17.8 Å². The van der Waals surface area contributed by atoms with E-state index >= 15 is 0 Å². The maximum absolute atomic E-state index is 13.0. The first kappa shape index (κ1) is 21.1. The molecule has 1 aliphatic heterocycles. The number of thioether (sulfide) groups is 1. The number of carbonyl (C=O) groups excluding carboxylic acids is 2. The number of rotatable bonds is 5. The minimum absolute atomic E-state index is 0.109. The largest absolute Gasteiger partial charge is 0.342 e. The van der Waals surface area contributed by atoms with Gasteiger partial charge in [-0.05, 0) is 17.9 Å². The van der Waals surface area contributed by atoms with Crippen LogP contribution in [0.15, 0.2) is 65.3 Å². The normalized spacial score (nSPS) is 15.4. The van der Waals surface area contributed by atoms with Crippen LogP contribution in [-0.4, -0.2) is 50.9 Å². The summed E-state index contributed by atoms with van der Waals surface area (Å²) >= 11 is 1.67. The molecule has 0 saturated heterocycles. The maximum Gasteiger partial charge on any atom is 0.289 e. The number of likely N-dealkylation sites (N-methyl/N-ethyl adjacent to an activating group) is 1. The number of nitrogens with zero attached hydrogens (tertiary/aromatic N) is 4. The first-order chi connectivity index (χ1) is 16.1. The fraction of sp³-hybridized carbons (Fsp3) is 0.208. The molecule has 5 rings (SSSR count). The second-order valence-corrected chi connectivity index (χ2v) is 8.73. The zero-order valence-corrected chi connectivity index (χ0v) is 19.0. The zero-order valence-electron chi connectivity index (χ0n) is 18.2. The van der Waals surface area contributed by atoms with E-state index in [1.807, 2.05) is 61.7 Å². The second-order valence-electron chi connectivity index (χ2n) is 7.88. The Labute approximate surface area is 194 Å². The first-order valence-electron chi connectivity index (χ1n) is 10.5. The van der Waals surface area contributed by atoms with Crippen LogP contribution in [0.4, 0.5) is 5.69 Å². The number of H-pyrrole nitrogens is 1. The molecule has 3 heterocycles. The summed E-state index contributed by atoms with van der Waals surface area (Å²) in [4.78, 5) is 30.9. The topological polar surface area (TPSA) is 95.9 Å². The van der Waals surface area contributed by atoms with Crippen molar-refractivity contribution >= 4 is 40.2 Å². The molecular weight excluding hydrogens is 436 g/mol. The third kappa shape index (κ3) is 3.82. The number of hydrogen-bond donors (Lipinski definition) is 2. The molecule has 4 aromatic rings. The van der Waals surface area contributed by atoms with Crippen molar-refractivity contribution in [3.8, 4) is 0 Å². The lowest BCUT2D eigenvalue weighted by atomic mass is 10.1. The summed E-state index contributed by atoms with van der Waals surface area (Å²) in [6.45, 7) is 0.403. The van der Waals surface area contributed by atoms with Crippen molar-refractivity contribution in [1.29, 1.82) is 0 Å². The van der Waals surface area contributed by atoms with Crippen molar-refractivity contribution < 1.29 is 9.59 Å². The lowest BCUT2D eigenvalue weighted by Gasteiger charge is -2.24. The number of nitrogens with one attached hydrogen (secondary N) is 2. The van der Waals surface area contributed by atoms with Crippen LogP contribution in [0.25, 0.3) is 10.9 Å². The highest BCUT2D eigenvalue weighted by atomic mass is 32.2. The van der Waals surface area contributed by atoms with Gasteiger partial charge in [-0.1, -0.05) is 42.5 Å². The van der Waals surface area contributed by atoms with Crippen molar-refractivity contribution in [2.24, 2.45) is 0 Å². The van der Waals surface area contributed by atoms with E-state index in [4.69, 9.17) is 0 Å². The van der Waals surface area contributed by atoms with Gasteiger partial charge in [0.2, 0.25) is 5.82 Å². The molecule has 2 aromatic carbocycles. The van der Waals surface area contributed by atoms with Gasteiger partial charge in [0.15, 0.2) is 0 Å². The minimum Gasteiger partial charge on any atom is -0.342 e. The molecule has 2 aromatic heterocycles. The van der Waals surface area contributed by atoms with Crippen LogP contribution in [0.2, 0.25) is 0 Å². The lowest BCUT2D eigenvalue weighted by Crippen LogP contribution is -2.43. The third-order valence-corrected chi connectivity index (χ3v) is 6.63. The Hall–Kier alpha value is -3.81. The van der Waals surface area contributed by atoms with E-state index in [-0.39, 0.29) is 5.82 Å². The number of carbonyl (C=O) groups is 1. The number of aromatic nitrogens is 4. The third-order valence-electron chi connectivity index (χ3n) is 5.87. The highest BCUT2D eigenvalue weighted by Crippen LogP contribution is 2.37. The first-order valence-corrected chi connectivity index (χ1v) is 11.7. The maximum atomic E-state index is 13.0. The van der Waals surface area contributed by atoms with Crippen LogP contribution < -0.4 is 10.2 Å². The summed E-state index contributed by atoms with van der Waals surface area (Å²) in [7, 11) is 1.82. The Morgan fingerprint density at radius 2 is 2.03 bits per heavy atom. The average molecular weight is 459 g/mol. The van der Waals surface area contributed by atoms with E-state index in [1.165, 1.54) is 0 Å². The van der Waals surface area contributed by atoms with E-state index in [1.54, 1.807) is 16.7 Å². The standard InChI is InChI=1S/C24H22N6O2S/c1-29-18-10-6-9-16-20(33-2)13-30(22(16)18)12-17(19(29)14-31)25-24(32)23-26-21(27-28-23)11-15-7-4-3-5-8-15/h3-10,13,17H,11-12H2,1-2H3,(H,25,32)(H,26,27,28). The van der Waals surface area contributed by atoms with Crippen molar-refractivity contribution in [3.05, 3.63) is 77.6 Å². The molecule has 9 heteroatoms. The second kappa shape index (κ2) is 8.61. The Bertz CT molecular complexity index is 1390. The van der Waals surface area contributed by atoms with Gasteiger partial charge < -0.3 is 19.8 Å². The Morgan fingerprint density at radius 1 is 1.21 bits per heavy atom. The number of anilines is 1. The van der Waals surface area contributed by atoms with Crippen molar-refractivity contribution in [2.45, 2.75) is 23.9 Å². The molecule has 166 valence electrons. The number of benzene rings is 2. The molecule has 1 atom stereocenters. The summed E-state index contributed by atoms with van der Waals surface area (Å²) in [5, 5.41) is 12.2. The highest BCUT2D eigenvalue weighted by molar-refractivity contribution is 7.98. The van der Waals surface area contributed by atoms with Gasteiger partial charge in [0.05, 0.1) is 17.2 Å². The van der Waals surface area contributed by atoms with Gasteiger partial charge >= 0.3 is 0 Å². The van der Waals surface area contributed by atoms with Gasteiger partial charge in [-0.25, -0.2) is 4.79 Å². The Morgan fingerprint density at radius 3 is 2.79 bits per heavy atom. The van der Waals surface area contributed by atoms with E-state index in [0.717, 1.165) is 27.0 Å². The summed E-state index contributed by atoms with van der Waals surface area (Å²) in [6, 6.07) is 15.3. The fourth-order valence-corrected chi connectivity index (χ4v) is 4.90. The molecular formula is C24H22N6O2S. The van der Waals surface area contributed by atoms with Crippen LogP contribution >= 0.6 is 11.8 Å². The van der Waals surface area contributed by atoms with Gasteiger partial charge in [-0.3, -0.25) is 4.79 Å². The fourth-order valence-electron chi connectivity index (χ4n) is 4.28. The summed E-state index contributed by atoms with van der Waals surface area (Å²) in [6.07, 6.45) is 4.64. The SMILES string of the molecule is CSc1cn2c3c(cccc13)N(C)C(=C=O)C(NC(=O)c1nnc(Cc3ccccc3)[nH]1)C2. The molecule has 33 heavy (non-hydrogen) atoms. The zero-order chi connectivity index (χ0) is 22.9. The lowest BCUT2D eigenvalue weighted by molar-refractivity contribution is 0.0929. The van der Waals surface area contributed by atoms with Crippen molar-refractivity contribution in [1.82, 2.24) is 25.1 Å². The van der Waals surface area contributed by atoms with Gasteiger partial charge in [-0.15, -0.1) is 22.0 Å². The monoisotopic (exact) mass is 458 g/mol. The van der Waals surface area contributed by atoms with Crippen LogP contribution in [0, 0.1) is 0 Å². The van der Waals surface area contributed by atoms with Gasteiger partial charge in [0, 0.05) is 36.5 Å². The molecule has 1 amide bonds. The summed E-state index contributed by atoms with van der Waals surface area (Å²) in [5.74, 6) is 2.33. The van der Waals surface area contributed by atoms with Crippen molar-refractivity contribution in [3.63, 3.8) is 0 Å². The number of amides is 1. The molecule has 1 unspecified atom stereocenters. The van der Waals surface area contributed by atoms with Crippen molar-refractivity contribution in [2.75, 3.05) is 18.2 Å². The molecule has 8 nitrogen and oxygen atoms in total. The number of aromatic amines is 1. The van der Waals surface area contributed by atoms with E-state index in [2.05, 4.69) is 37.3 Å². The predicted molar refractivity (Wildman–Crippen MR) is 128 cm³/mol. The molecule has 0 bridgehead atoms. The molecule has 0 aliphatic carbocycles. The molecule has 0 saturated carbocycles. The minimum atomic E-state index is -0.583. The summed E-state index contributed by atoms with van der Waals surface area (Å²) in [5.41, 5.74) is 3.34. The van der Waals surface area contributed by atoms with Gasteiger partial charge in [-0.2, -0.15) is 0 Å². The van der Waals surface area contributed by atoms with E-state index in [0.29, 0.717) is 24.5 Å². The number of hydrogen-bond acceptors (Lipinski definition) is 6. The molecule has 0 radical (unpaired) electrons. The van der Waals surface area contributed by atoms with Gasteiger partial charge in [0.25, 0.3) is 5.91 Å². The molecule has 0 fully saturated rings. The molecule has 1 aliphatic rings. The summed E-state index contributed by atoms with van der Waals surface area (Å²) < 4.78 is 2.09.